The van der Waals surface area contributed by atoms with Crippen LogP contribution in [0.25, 0.3) is 0 Å². The second-order valence-electron chi connectivity index (χ2n) is 4.34. The average Bonchev–Trinajstić information content (AvgIpc) is 2.39. The molecule has 0 bridgehead atoms. The predicted octanol–water partition coefficient (Wildman–Crippen LogP) is 1.92. The Balaban J connectivity index is 1.92. The first-order valence-corrected chi connectivity index (χ1v) is 6.33. The highest BCUT2D eigenvalue weighted by molar-refractivity contribution is 5.14. The maximum Gasteiger partial charge on any atom is 0.0645 e. The molecule has 0 N–H and O–H groups in total. The number of benzene rings is 1. The monoisotopic (exact) mass is 235 g/mol. The highest BCUT2D eigenvalue weighted by Gasteiger charge is 2.22. The molecule has 0 saturated carbocycles. The molecule has 1 aliphatic heterocycles. The van der Waals surface area contributed by atoms with Gasteiger partial charge in [-0.3, -0.25) is 4.90 Å². The molecule has 2 rings (SSSR count). The van der Waals surface area contributed by atoms with Gasteiger partial charge >= 0.3 is 0 Å². The van der Waals surface area contributed by atoms with Gasteiger partial charge in [-0.25, -0.2) is 0 Å². The van der Waals surface area contributed by atoms with Crippen molar-refractivity contribution in [1.82, 2.24) is 4.90 Å². The summed E-state index contributed by atoms with van der Waals surface area (Å²) in [4.78, 5) is 2.45. The van der Waals surface area contributed by atoms with E-state index in [1.165, 1.54) is 5.56 Å². The lowest BCUT2D eigenvalue weighted by Crippen LogP contribution is -2.47. The van der Waals surface area contributed by atoms with Crippen LogP contribution in [0.15, 0.2) is 30.3 Å². The number of hydrogen-bond donors (Lipinski definition) is 0. The summed E-state index contributed by atoms with van der Waals surface area (Å²) in [6, 6.07) is 11.0. The molecule has 0 aliphatic carbocycles. The van der Waals surface area contributed by atoms with E-state index in [1.54, 1.807) is 0 Å². The summed E-state index contributed by atoms with van der Waals surface area (Å²) in [5, 5.41) is 0. The van der Waals surface area contributed by atoms with Crippen molar-refractivity contribution in [3.05, 3.63) is 35.9 Å². The third-order valence-electron chi connectivity index (χ3n) is 3.09. The van der Waals surface area contributed by atoms with Crippen LogP contribution < -0.4 is 0 Å². The van der Waals surface area contributed by atoms with Gasteiger partial charge in [-0.2, -0.15) is 0 Å². The number of rotatable bonds is 5. The number of ether oxygens (including phenoxy) is 2. The van der Waals surface area contributed by atoms with Gasteiger partial charge in [0.2, 0.25) is 0 Å². The van der Waals surface area contributed by atoms with Gasteiger partial charge in [0, 0.05) is 19.7 Å². The average molecular weight is 235 g/mol. The third-order valence-corrected chi connectivity index (χ3v) is 3.09. The number of hydrogen-bond acceptors (Lipinski definition) is 3. The predicted molar refractivity (Wildman–Crippen MR) is 68.0 cm³/mol. The zero-order chi connectivity index (χ0) is 11.9. The zero-order valence-corrected chi connectivity index (χ0v) is 10.5. The Morgan fingerprint density at radius 3 is 2.94 bits per heavy atom. The van der Waals surface area contributed by atoms with Crippen LogP contribution >= 0.6 is 0 Å². The van der Waals surface area contributed by atoms with Crippen molar-refractivity contribution in [1.29, 1.82) is 0 Å². The first-order valence-electron chi connectivity index (χ1n) is 6.33. The second-order valence-corrected chi connectivity index (χ2v) is 4.34. The van der Waals surface area contributed by atoms with Crippen molar-refractivity contribution < 1.29 is 9.47 Å². The lowest BCUT2D eigenvalue weighted by Gasteiger charge is -2.35. The Morgan fingerprint density at radius 1 is 1.35 bits per heavy atom. The minimum Gasteiger partial charge on any atom is -0.380 e. The van der Waals surface area contributed by atoms with Crippen LogP contribution in [0.3, 0.4) is 0 Å². The molecule has 0 spiro atoms. The molecule has 1 fully saturated rings. The lowest BCUT2D eigenvalue weighted by molar-refractivity contribution is -0.0448. The van der Waals surface area contributed by atoms with Crippen molar-refractivity contribution in [3.8, 4) is 0 Å². The highest BCUT2D eigenvalue weighted by Crippen LogP contribution is 2.12. The van der Waals surface area contributed by atoms with Crippen LogP contribution in [-0.2, 0) is 16.0 Å². The number of nitrogens with zero attached hydrogens (tertiary/aromatic N) is 1. The van der Waals surface area contributed by atoms with Crippen LogP contribution in [0.1, 0.15) is 12.5 Å². The summed E-state index contributed by atoms with van der Waals surface area (Å²) in [5.41, 5.74) is 1.36. The largest absolute Gasteiger partial charge is 0.380 e. The molecule has 94 valence electrons. The molecular weight excluding hydrogens is 214 g/mol. The van der Waals surface area contributed by atoms with Crippen molar-refractivity contribution in [3.63, 3.8) is 0 Å². The number of morpholine rings is 1. The molecule has 0 amide bonds. The van der Waals surface area contributed by atoms with E-state index >= 15 is 0 Å². The Morgan fingerprint density at radius 2 is 2.18 bits per heavy atom. The van der Waals surface area contributed by atoms with Crippen molar-refractivity contribution in [2.45, 2.75) is 19.5 Å². The van der Waals surface area contributed by atoms with Crippen LogP contribution in [0.5, 0.6) is 0 Å². The second kappa shape index (κ2) is 6.74. The van der Waals surface area contributed by atoms with Gasteiger partial charge < -0.3 is 9.47 Å². The van der Waals surface area contributed by atoms with E-state index in [2.05, 4.69) is 35.2 Å². The highest BCUT2D eigenvalue weighted by atomic mass is 16.5. The SMILES string of the molecule is CCOC[C@@H]1COCCN1Cc1ccccc1. The first kappa shape index (κ1) is 12.6. The smallest absolute Gasteiger partial charge is 0.0645 e. The fourth-order valence-electron chi connectivity index (χ4n) is 2.12. The molecule has 0 radical (unpaired) electrons. The fourth-order valence-corrected chi connectivity index (χ4v) is 2.12. The summed E-state index contributed by atoms with van der Waals surface area (Å²) >= 11 is 0. The quantitative estimate of drug-likeness (QED) is 0.778. The van der Waals surface area contributed by atoms with Gasteiger partial charge in [-0.15, -0.1) is 0 Å². The van der Waals surface area contributed by atoms with E-state index in [9.17, 15) is 0 Å². The molecule has 3 nitrogen and oxygen atoms in total. The summed E-state index contributed by atoms with van der Waals surface area (Å²) in [6.45, 7) is 7.17. The van der Waals surface area contributed by atoms with Crippen LogP contribution in [0.2, 0.25) is 0 Å². The maximum absolute atomic E-state index is 5.53. The molecule has 1 aliphatic rings. The zero-order valence-electron chi connectivity index (χ0n) is 10.5. The van der Waals surface area contributed by atoms with Crippen LogP contribution in [0, 0.1) is 0 Å². The summed E-state index contributed by atoms with van der Waals surface area (Å²) in [7, 11) is 0. The molecule has 0 unspecified atom stereocenters. The van der Waals surface area contributed by atoms with Gasteiger partial charge in [0.05, 0.1) is 25.9 Å². The molecule has 1 heterocycles. The minimum atomic E-state index is 0.393. The van der Waals surface area contributed by atoms with E-state index in [0.717, 1.165) is 39.5 Å². The summed E-state index contributed by atoms with van der Waals surface area (Å²) in [5.74, 6) is 0. The van der Waals surface area contributed by atoms with Crippen LogP contribution in [-0.4, -0.2) is 43.9 Å². The Hall–Kier alpha value is -0.900. The Kier molecular flexibility index (Phi) is 4.98. The lowest BCUT2D eigenvalue weighted by atomic mass is 10.1. The van der Waals surface area contributed by atoms with E-state index in [0.29, 0.717) is 6.04 Å². The van der Waals surface area contributed by atoms with Gasteiger partial charge in [0.1, 0.15) is 0 Å². The van der Waals surface area contributed by atoms with Crippen molar-refractivity contribution >= 4 is 0 Å². The van der Waals surface area contributed by atoms with E-state index < -0.39 is 0 Å². The molecule has 1 aromatic carbocycles. The van der Waals surface area contributed by atoms with Crippen LogP contribution in [0.4, 0.5) is 0 Å². The Bertz CT molecular complexity index is 315. The molecule has 1 saturated heterocycles. The Labute approximate surface area is 103 Å². The minimum absolute atomic E-state index is 0.393. The molecule has 3 heteroatoms. The molecule has 0 aromatic heterocycles. The normalized spacial score (nSPS) is 21.6. The summed E-state index contributed by atoms with van der Waals surface area (Å²) < 4.78 is 11.0. The summed E-state index contributed by atoms with van der Waals surface area (Å²) in [6.07, 6.45) is 0. The van der Waals surface area contributed by atoms with Crippen molar-refractivity contribution in [2.75, 3.05) is 33.0 Å². The topological polar surface area (TPSA) is 21.7 Å². The van der Waals surface area contributed by atoms with Gasteiger partial charge in [0.25, 0.3) is 0 Å². The standard InChI is InChI=1S/C14H21NO2/c1-2-16-11-14-12-17-9-8-15(14)10-13-6-4-3-5-7-13/h3-7,14H,2,8-12H2,1H3/t14-/m1/s1. The molecule has 17 heavy (non-hydrogen) atoms. The van der Waals surface area contributed by atoms with Crippen molar-refractivity contribution in [2.24, 2.45) is 0 Å². The molecule has 1 atom stereocenters. The first-order chi connectivity index (χ1) is 8.40. The van der Waals surface area contributed by atoms with Gasteiger partial charge in [0.15, 0.2) is 0 Å². The van der Waals surface area contributed by atoms with Gasteiger partial charge in [-0.05, 0) is 12.5 Å². The maximum atomic E-state index is 5.53. The molecule has 1 aromatic rings. The molecular formula is C14H21NO2. The van der Waals surface area contributed by atoms with E-state index in [1.807, 2.05) is 6.92 Å². The third kappa shape index (κ3) is 3.80. The fraction of sp³-hybridized carbons (Fsp3) is 0.571. The van der Waals surface area contributed by atoms with E-state index in [-0.39, 0.29) is 0 Å². The van der Waals surface area contributed by atoms with E-state index in [4.69, 9.17) is 9.47 Å². The van der Waals surface area contributed by atoms with Gasteiger partial charge in [-0.1, -0.05) is 30.3 Å².